The number of carbonyl (C=O) groups excluding carboxylic acids is 2. The molecule has 0 bridgehead atoms. The normalized spacial score (nSPS) is 17.0. The molecule has 1 aliphatic rings. The number of amides is 2. The molecule has 2 rings (SSSR count). The Hall–Kier alpha value is -2.50. The Kier molecular flexibility index (Phi) is 5.72. The summed E-state index contributed by atoms with van der Waals surface area (Å²) in [6.07, 6.45) is -1.15. The van der Waals surface area contributed by atoms with Crippen LogP contribution >= 0.6 is 0 Å². The summed E-state index contributed by atoms with van der Waals surface area (Å²) in [6.45, 7) is 0.689. The van der Waals surface area contributed by atoms with E-state index in [0.717, 1.165) is 18.3 Å². The number of alkyl halides is 2. The third kappa shape index (κ3) is 4.75. The predicted molar refractivity (Wildman–Crippen MR) is 83.9 cm³/mol. The van der Waals surface area contributed by atoms with Gasteiger partial charge in [-0.2, -0.15) is 0 Å². The molecule has 0 heterocycles. The largest absolute Gasteiger partial charge is 0.381 e. The van der Waals surface area contributed by atoms with Crippen LogP contribution < -0.4 is 10.8 Å². The zero-order valence-corrected chi connectivity index (χ0v) is 13.4. The number of benzene rings is 1. The Bertz CT molecular complexity index is 704. The molecule has 1 aromatic rings. The summed E-state index contributed by atoms with van der Waals surface area (Å²) in [4.78, 5) is 23.7. The molecule has 0 aromatic heterocycles. The lowest BCUT2D eigenvalue weighted by molar-refractivity contribution is -0.149. The fourth-order valence-electron chi connectivity index (χ4n) is 2.00. The minimum Gasteiger partial charge on any atom is -0.381 e. The molecule has 2 atom stereocenters. The molecule has 1 unspecified atom stereocenters. The minimum atomic E-state index is -3.32. The van der Waals surface area contributed by atoms with E-state index in [4.69, 9.17) is 5.21 Å². The molecule has 1 saturated carbocycles. The molecule has 0 radical (unpaired) electrons. The zero-order chi connectivity index (χ0) is 18.6. The summed E-state index contributed by atoms with van der Waals surface area (Å²) in [5.74, 6) is 4.24. The number of hydroxylamine groups is 1. The summed E-state index contributed by atoms with van der Waals surface area (Å²) < 4.78 is 25.9. The van der Waals surface area contributed by atoms with Gasteiger partial charge < -0.3 is 10.4 Å². The van der Waals surface area contributed by atoms with Crippen LogP contribution in [0.4, 0.5) is 8.78 Å². The van der Waals surface area contributed by atoms with E-state index < -0.39 is 29.9 Å². The second-order valence-electron chi connectivity index (χ2n) is 6.03. The van der Waals surface area contributed by atoms with Crippen LogP contribution in [-0.2, 0) is 4.79 Å². The molecule has 0 aliphatic heterocycles. The first-order valence-electron chi connectivity index (χ1n) is 7.62. The van der Waals surface area contributed by atoms with Crippen molar-refractivity contribution in [1.29, 1.82) is 0 Å². The van der Waals surface area contributed by atoms with Crippen LogP contribution in [0.25, 0.3) is 0 Å². The molecule has 134 valence electrons. The number of aliphatic hydroxyl groups is 1. The number of halogens is 2. The molecule has 0 spiro atoms. The van der Waals surface area contributed by atoms with Crippen LogP contribution in [0.5, 0.6) is 0 Å². The highest BCUT2D eigenvalue weighted by Crippen LogP contribution is 2.27. The van der Waals surface area contributed by atoms with Gasteiger partial charge >= 0.3 is 0 Å². The number of hydrogen-bond donors (Lipinski definition) is 4. The van der Waals surface area contributed by atoms with Crippen LogP contribution in [0, 0.1) is 17.8 Å². The van der Waals surface area contributed by atoms with Crippen LogP contribution in [0.2, 0.25) is 0 Å². The smallest absolute Gasteiger partial charge is 0.269 e. The van der Waals surface area contributed by atoms with E-state index in [1.807, 2.05) is 5.32 Å². The third-order valence-electron chi connectivity index (χ3n) is 3.82. The summed E-state index contributed by atoms with van der Waals surface area (Å²) >= 11 is 0. The first-order valence-corrected chi connectivity index (χ1v) is 7.62. The monoisotopic (exact) mass is 352 g/mol. The van der Waals surface area contributed by atoms with Gasteiger partial charge in [0.25, 0.3) is 18.2 Å². The highest BCUT2D eigenvalue weighted by Gasteiger charge is 2.46. The Morgan fingerprint density at radius 2 is 1.88 bits per heavy atom. The summed E-state index contributed by atoms with van der Waals surface area (Å²) in [7, 11) is 0. The van der Waals surface area contributed by atoms with Gasteiger partial charge in [-0.1, -0.05) is 11.8 Å². The topological polar surface area (TPSA) is 98.7 Å². The maximum Gasteiger partial charge on any atom is 0.269 e. The first kappa shape index (κ1) is 18.8. The number of carbonyl (C=O) groups is 2. The number of rotatable bonds is 5. The SMILES string of the molecule is C[C@@](O)(C(F)F)C(NC(=O)c1ccc(C#CC2CC2)cc1)C(=O)NO. The standard InChI is InChI=1S/C17H18F2N2O4/c1-17(24,16(18)19)13(15(23)21-25)20-14(22)12-8-6-11(7-9-12)5-4-10-2-3-10/h6-10,13,16,24-25H,2-3H2,1H3,(H,20,22)(H,21,23)/t13?,17-/m0/s1. The van der Waals surface area contributed by atoms with Crippen molar-refractivity contribution in [2.45, 2.75) is 37.8 Å². The van der Waals surface area contributed by atoms with E-state index in [9.17, 15) is 23.5 Å². The average molecular weight is 352 g/mol. The van der Waals surface area contributed by atoms with Gasteiger partial charge in [-0.3, -0.25) is 14.8 Å². The summed E-state index contributed by atoms with van der Waals surface area (Å²) in [5.41, 5.74) is -0.906. The van der Waals surface area contributed by atoms with Crippen molar-refractivity contribution >= 4 is 11.8 Å². The molecule has 4 N–H and O–H groups in total. The van der Waals surface area contributed by atoms with Gasteiger partial charge in [-0.05, 0) is 44.0 Å². The highest BCUT2D eigenvalue weighted by molar-refractivity contribution is 5.97. The fourth-order valence-corrected chi connectivity index (χ4v) is 2.00. The van der Waals surface area contributed by atoms with Crippen LogP contribution in [-0.4, -0.2) is 40.2 Å². The molecular weight excluding hydrogens is 334 g/mol. The van der Waals surface area contributed by atoms with Gasteiger partial charge in [0.1, 0.15) is 6.04 Å². The van der Waals surface area contributed by atoms with E-state index in [0.29, 0.717) is 18.4 Å². The van der Waals surface area contributed by atoms with Gasteiger partial charge in [-0.15, -0.1) is 0 Å². The second kappa shape index (κ2) is 7.59. The van der Waals surface area contributed by atoms with E-state index in [-0.39, 0.29) is 5.56 Å². The zero-order valence-electron chi connectivity index (χ0n) is 13.4. The molecule has 1 aliphatic carbocycles. The molecule has 1 aromatic carbocycles. The Labute approximate surface area is 143 Å². The Balaban J connectivity index is 2.12. The quantitative estimate of drug-likeness (QED) is 0.362. The van der Waals surface area contributed by atoms with Gasteiger partial charge in [0.2, 0.25) is 0 Å². The fraction of sp³-hybridized carbons (Fsp3) is 0.412. The maximum absolute atomic E-state index is 12.9. The van der Waals surface area contributed by atoms with Gasteiger partial charge in [0, 0.05) is 17.0 Å². The van der Waals surface area contributed by atoms with Crippen molar-refractivity contribution in [2.75, 3.05) is 0 Å². The molecule has 8 heteroatoms. The highest BCUT2D eigenvalue weighted by atomic mass is 19.3. The third-order valence-corrected chi connectivity index (χ3v) is 3.82. The van der Waals surface area contributed by atoms with E-state index in [1.165, 1.54) is 12.1 Å². The average Bonchev–Trinajstić information content (AvgIpc) is 3.41. The molecule has 0 saturated heterocycles. The molecule has 1 fully saturated rings. The minimum absolute atomic E-state index is 0.0952. The van der Waals surface area contributed by atoms with Gasteiger partial charge in [0.15, 0.2) is 5.60 Å². The summed E-state index contributed by atoms with van der Waals surface area (Å²) in [5, 5.41) is 20.4. The Morgan fingerprint density at radius 1 is 1.28 bits per heavy atom. The van der Waals surface area contributed by atoms with Crippen molar-refractivity contribution in [2.24, 2.45) is 5.92 Å². The van der Waals surface area contributed by atoms with E-state index >= 15 is 0 Å². The lowest BCUT2D eigenvalue weighted by Gasteiger charge is -2.30. The molecule has 25 heavy (non-hydrogen) atoms. The second-order valence-corrected chi connectivity index (χ2v) is 6.03. The number of hydrogen-bond acceptors (Lipinski definition) is 4. The van der Waals surface area contributed by atoms with Crippen molar-refractivity contribution in [3.63, 3.8) is 0 Å². The van der Waals surface area contributed by atoms with Crippen molar-refractivity contribution in [3.8, 4) is 11.8 Å². The maximum atomic E-state index is 12.9. The lowest BCUT2D eigenvalue weighted by Crippen LogP contribution is -2.61. The van der Waals surface area contributed by atoms with Crippen LogP contribution in [0.3, 0.4) is 0 Å². The summed E-state index contributed by atoms with van der Waals surface area (Å²) in [6, 6.07) is 4.00. The predicted octanol–water partition coefficient (Wildman–Crippen LogP) is 1.07. The van der Waals surface area contributed by atoms with Gasteiger partial charge in [-0.25, -0.2) is 14.3 Å². The molecule has 6 nitrogen and oxygen atoms in total. The van der Waals surface area contributed by atoms with Crippen LogP contribution in [0.1, 0.15) is 35.7 Å². The Morgan fingerprint density at radius 3 is 2.36 bits per heavy atom. The lowest BCUT2D eigenvalue weighted by atomic mass is 9.95. The van der Waals surface area contributed by atoms with Gasteiger partial charge in [0.05, 0.1) is 0 Å². The van der Waals surface area contributed by atoms with Crippen molar-refractivity contribution in [3.05, 3.63) is 35.4 Å². The van der Waals surface area contributed by atoms with E-state index in [1.54, 1.807) is 12.1 Å². The number of nitrogens with one attached hydrogen (secondary N) is 2. The van der Waals surface area contributed by atoms with Crippen molar-refractivity contribution < 1.29 is 28.7 Å². The first-order chi connectivity index (χ1) is 11.8. The molecule has 2 amide bonds. The van der Waals surface area contributed by atoms with E-state index in [2.05, 4.69) is 11.8 Å². The molecular formula is C17H18F2N2O4. The van der Waals surface area contributed by atoms with Crippen LogP contribution in [0.15, 0.2) is 24.3 Å². The van der Waals surface area contributed by atoms with Crippen molar-refractivity contribution in [1.82, 2.24) is 10.8 Å².